The quantitative estimate of drug-likeness (QED) is 0.778. The van der Waals surface area contributed by atoms with Gasteiger partial charge >= 0.3 is 0 Å². The lowest BCUT2D eigenvalue weighted by atomic mass is 10.1. The second kappa shape index (κ2) is 5.83. The van der Waals surface area contributed by atoms with Gasteiger partial charge in [-0.15, -0.1) is 0 Å². The number of hydrogen-bond donors (Lipinski definition) is 1. The SMILES string of the molecule is COc1ccc2cc(CNc3ccncc3C)ccc2c1. The second-order valence-electron chi connectivity index (χ2n) is 5.09. The minimum absolute atomic E-state index is 0.798. The van der Waals surface area contributed by atoms with Crippen LogP contribution in [0.3, 0.4) is 0 Å². The number of rotatable bonds is 4. The van der Waals surface area contributed by atoms with E-state index in [0.717, 1.165) is 23.5 Å². The minimum atomic E-state index is 0.798. The summed E-state index contributed by atoms with van der Waals surface area (Å²) in [5.41, 5.74) is 3.53. The minimum Gasteiger partial charge on any atom is -0.497 e. The maximum Gasteiger partial charge on any atom is 0.119 e. The molecule has 3 aromatic rings. The molecule has 106 valence electrons. The second-order valence-corrected chi connectivity index (χ2v) is 5.09. The topological polar surface area (TPSA) is 34.1 Å². The van der Waals surface area contributed by atoms with Gasteiger partial charge in [0.25, 0.3) is 0 Å². The predicted molar refractivity (Wildman–Crippen MR) is 86.8 cm³/mol. The molecule has 3 nitrogen and oxygen atoms in total. The average Bonchev–Trinajstić information content (AvgIpc) is 2.53. The smallest absolute Gasteiger partial charge is 0.119 e. The number of methoxy groups -OCH3 is 1. The fraction of sp³-hybridized carbons (Fsp3) is 0.167. The normalized spacial score (nSPS) is 10.6. The molecule has 1 N–H and O–H groups in total. The summed E-state index contributed by atoms with van der Waals surface area (Å²) in [5, 5.41) is 5.87. The van der Waals surface area contributed by atoms with Gasteiger partial charge in [-0.1, -0.05) is 18.2 Å². The Labute approximate surface area is 124 Å². The zero-order valence-corrected chi connectivity index (χ0v) is 12.3. The third kappa shape index (κ3) is 2.97. The highest BCUT2D eigenvalue weighted by Gasteiger charge is 2.01. The summed E-state index contributed by atoms with van der Waals surface area (Å²) >= 11 is 0. The first kappa shape index (κ1) is 13.4. The Hall–Kier alpha value is -2.55. The van der Waals surface area contributed by atoms with Crippen molar-refractivity contribution in [1.29, 1.82) is 0 Å². The van der Waals surface area contributed by atoms with Crippen molar-refractivity contribution in [3.8, 4) is 5.75 Å². The van der Waals surface area contributed by atoms with Gasteiger partial charge in [-0.05, 0) is 53.1 Å². The van der Waals surface area contributed by atoms with Gasteiger partial charge in [-0.3, -0.25) is 4.98 Å². The van der Waals surface area contributed by atoms with Crippen molar-refractivity contribution in [2.24, 2.45) is 0 Å². The summed E-state index contributed by atoms with van der Waals surface area (Å²) in [6.07, 6.45) is 3.68. The molecule has 0 fully saturated rings. The Balaban J connectivity index is 1.80. The van der Waals surface area contributed by atoms with E-state index in [2.05, 4.69) is 47.6 Å². The van der Waals surface area contributed by atoms with Gasteiger partial charge in [-0.25, -0.2) is 0 Å². The van der Waals surface area contributed by atoms with Crippen molar-refractivity contribution < 1.29 is 4.74 Å². The third-order valence-corrected chi connectivity index (χ3v) is 3.62. The molecule has 0 bridgehead atoms. The molecule has 0 radical (unpaired) electrons. The Bertz CT molecular complexity index is 768. The third-order valence-electron chi connectivity index (χ3n) is 3.62. The number of hydrogen-bond acceptors (Lipinski definition) is 3. The van der Waals surface area contributed by atoms with Crippen molar-refractivity contribution >= 4 is 16.5 Å². The zero-order valence-electron chi connectivity index (χ0n) is 12.3. The van der Waals surface area contributed by atoms with Gasteiger partial charge in [0.2, 0.25) is 0 Å². The van der Waals surface area contributed by atoms with Crippen LogP contribution in [-0.4, -0.2) is 12.1 Å². The zero-order chi connectivity index (χ0) is 14.7. The molecule has 2 aromatic carbocycles. The Morgan fingerprint density at radius 3 is 2.67 bits per heavy atom. The largest absolute Gasteiger partial charge is 0.497 e. The lowest BCUT2D eigenvalue weighted by molar-refractivity contribution is 0.415. The molecule has 3 rings (SSSR count). The maximum absolute atomic E-state index is 5.25. The van der Waals surface area contributed by atoms with Crippen LogP contribution in [0.15, 0.2) is 54.9 Å². The van der Waals surface area contributed by atoms with Crippen LogP contribution in [-0.2, 0) is 6.54 Å². The number of anilines is 1. The van der Waals surface area contributed by atoms with E-state index in [1.807, 2.05) is 24.5 Å². The molecule has 0 unspecified atom stereocenters. The molecule has 0 saturated heterocycles. The summed E-state index contributed by atoms with van der Waals surface area (Å²) in [6, 6.07) is 14.6. The predicted octanol–water partition coefficient (Wildman–Crippen LogP) is 4.16. The Morgan fingerprint density at radius 2 is 1.86 bits per heavy atom. The summed E-state index contributed by atoms with van der Waals surface area (Å²) in [6.45, 7) is 2.86. The molecule has 1 heterocycles. The van der Waals surface area contributed by atoms with Crippen molar-refractivity contribution in [2.75, 3.05) is 12.4 Å². The molecule has 3 heteroatoms. The number of aromatic nitrogens is 1. The molecule has 0 aliphatic heterocycles. The standard InChI is InChI=1S/C18H18N2O/c1-13-11-19-8-7-18(13)20-12-14-3-4-16-10-17(21-2)6-5-15(16)9-14/h3-11H,12H2,1-2H3,(H,19,20). The van der Waals surface area contributed by atoms with E-state index in [9.17, 15) is 0 Å². The number of pyridine rings is 1. The van der Waals surface area contributed by atoms with Crippen LogP contribution in [0.1, 0.15) is 11.1 Å². The fourth-order valence-corrected chi connectivity index (χ4v) is 2.38. The molecule has 0 saturated carbocycles. The van der Waals surface area contributed by atoms with Gasteiger partial charge in [-0.2, -0.15) is 0 Å². The van der Waals surface area contributed by atoms with Gasteiger partial charge in [0, 0.05) is 24.6 Å². The van der Waals surface area contributed by atoms with Crippen LogP contribution in [0.25, 0.3) is 10.8 Å². The van der Waals surface area contributed by atoms with E-state index >= 15 is 0 Å². The number of aryl methyl sites for hydroxylation is 1. The van der Waals surface area contributed by atoms with Crippen LogP contribution in [0, 0.1) is 6.92 Å². The number of nitrogens with one attached hydrogen (secondary N) is 1. The van der Waals surface area contributed by atoms with E-state index in [0.29, 0.717) is 0 Å². The summed E-state index contributed by atoms with van der Waals surface area (Å²) in [7, 11) is 1.69. The molecule has 0 aliphatic rings. The molecule has 1 aromatic heterocycles. The van der Waals surface area contributed by atoms with Gasteiger partial charge in [0.15, 0.2) is 0 Å². The molecule has 21 heavy (non-hydrogen) atoms. The van der Waals surface area contributed by atoms with Crippen LogP contribution >= 0.6 is 0 Å². The Morgan fingerprint density at radius 1 is 1.05 bits per heavy atom. The van der Waals surface area contributed by atoms with Crippen LogP contribution in [0.2, 0.25) is 0 Å². The van der Waals surface area contributed by atoms with Gasteiger partial charge < -0.3 is 10.1 Å². The molecule has 0 spiro atoms. The molecular formula is C18H18N2O. The van der Waals surface area contributed by atoms with Crippen LogP contribution < -0.4 is 10.1 Å². The number of nitrogens with zero attached hydrogens (tertiary/aromatic N) is 1. The first-order valence-corrected chi connectivity index (χ1v) is 6.97. The average molecular weight is 278 g/mol. The monoisotopic (exact) mass is 278 g/mol. The highest BCUT2D eigenvalue weighted by Crippen LogP contribution is 2.22. The Kier molecular flexibility index (Phi) is 3.73. The summed E-state index contributed by atoms with van der Waals surface area (Å²) in [5.74, 6) is 0.890. The number of ether oxygens (including phenoxy) is 1. The molecular weight excluding hydrogens is 260 g/mol. The number of benzene rings is 2. The van der Waals surface area contributed by atoms with Gasteiger partial charge in [0.05, 0.1) is 7.11 Å². The lowest BCUT2D eigenvalue weighted by Crippen LogP contribution is -2.01. The summed E-state index contributed by atoms with van der Waals surface area (Å²) in [4.78, 5) is 4.11. The molecule has 0 atom stereocenters. The van der Waals surface area contributed by atoms with Crippen LogP contribution in [0.4, 0.5) is 5.69 Å². The molecule has 0 amide bonds. The first-order valence-electron chi connectivity index (χ1n) is 6.97. The summed E-state index contributed by atoms with van der Waals surface area (Å²) < 4.78 is 5.25. The maximum atomic E-state index is 5.25. The van der Waals surface area contributed by atoms with E-state index in [1.165, 1.54) is 16.3 Å². The molecule has 0 aliphatic carbocycles. The lowest BCUT2D eigenvalue weighted by Gasteiger charge is -2.10. The van der Waals surface area contributed by atoms with E-state index in [4.69, 9.17) is 4.74 Å². The van der Waals surface area contributed by atoms with Crippen molar-refractivity contribution in [3.05, 3.63) is 66.0 Å². The van der Waals surface area contributed by atoms with E-state index < -0.39 is 0 Å². The van der Waals surface area contributed by atoms with Crippen molar-refractivity contribution in [2.45, 2.75) is 13.5 Å². The first-order chi connectivity index (χ1) is 10.3. The van der Waals surface area contributed by atoms with Crippen molar-refractivity contribution in [3.63, 3.8) is 0 Å². The van der Waals surface area contributed by atoms with Crippen LogP contribution in [0.5, 0.6) is 5.75 Å². The number of fused-ring (bicyclic) bond motifs is 1. The van der Waals surface area contributed by atoms with Crippen molar-refractivity contribution in [1.82, 2.24) is 4.98 Å². The fourth-order valence-electron chi connectivity index (χ4n) is 2.38. The highest BCUT2D eigenvalue weighted by atomic mass is 16.5. The van der Waals surface area contributed by atoms with E-state index in [1.54, 1.807) is 7.11 Å². The highest BCUT2D eigenvalue weighted by molar-refractivity contribution is 5.84. The van der Waals surface area contributed by atoms with Gasteiger partial charge in [0.1, 0.15) is 5.75 Å². The van der Waals surface area contributed by atoms with E-state index in [-0.39, 0.29) is 0 Å².